The molecule has 5 heteroatoms. The molecule has 1 aromatic rings. The summed E-state index contributed by atoms with van der Waals surface area (Å²) in [5.41, 5.74) is 6.38. The van der Waals surface area contributed by atoms with Crippen LogP contribution in [0.15, 0.2) is 16.6 Å². The third kappa shape index (κ3) is 2.16. The minimum absolute atomic E-state index is 0.325. The lowest BCUT2D eigenvalue weighted by molar-refractivity contribution is 0.148. The Labute approximate surface area is 102 Å². The molecule has 2 rings (SSSR count). The molecule has 1 aliphatic rings. The number of aliphatic hydroxyl groups is 1. The van der Waals surface area contributed by atoms with E-state index in [0.717, 1.165) is 10.0 Å². The van der Waals surface area contributed by atoms with Crippen LogP contribution >= 0.6 is 15.9 Å². The highest BCUT2D eigenvalue weighted by Gasteiger charge is 2.20. The Morgan fingerprint density at radius 1 is 1.38 bits per heavy atom. The van der Waals surface area contributed by atoms with Crippen LogP contribution < -0.4 is 15.2 Å². The summed E-state index contributed by atoms with van der Waals surface area (Å²) in [4.78, 5) is 0. The molecule has 0 saturated carbocycles. The average Bonchev–Trinajstić information content (AvgIpc) is 2.28. The summed E-state index contributed by atoms with van der Waals surface area (Å²) in [5.74, 6) is 1.34. The van der Waals surface area contributed by atoms with Crippen molar-refractivity contribution in [2.75, 3.05) is 13.2 Å². The van der Waals surface area contributed by atoms with Gasteiger partial charge in [-0.15, -0.1) is 0 Å². The minimum atomic E-state index is -0.702. The molecule has 0 radical (unpaired) electrons. The zero-order valence-corrected chi connectivity index (χ0v) is 10.5. The maximum Gasteiger partial charge on any atom is 0.175 e. The Kier molecular flexibility index (Phi) is 3.37. The predicted molar refractivity (Wildman–Crippen MR) is 63.7 cm³/mol. The molecule has 1 aliphatic heterocycles. The van der Waals surface area contributed by atoms with Gasteiger partial charge in [-0.05, 0) is 40.5 Å². The molecule has 0 aliphatic carbocycles. The Bertz CT molecular complexity index is 395. The Hall–Kier alpha value is -0.780. The average molecular weight is 288 g/mol. The molecular weight excluding hydrogens is 274 g/mol. The molecule has 88 valence electrons. The zero-order chi connectivity index (χ0) is 11.7. The van der Waals surface area contributed by atoms with E-state index in [0.29, 0.717) is 24.7 Å². The fourth-order valence-electron chi connectivity index (χ4n) is 1.61. The highest BCUT2D eigenvalue weighted by Crippen LogP contribution is 2.40. The van der Waals surface area contributed by atoms with Crippen LogP contribution in [0.25, 0.3) is 0 Å². The van der Waals surface area contributed by atoms with Gasteiger partial charge in [0.15, 0.2) is 11.5 Å². The molecule has 0 amide bonds. The van der Waals surface area contributed by atoms with E-state index < -0.39 is 6.10 Å². The van der Waals surface area contributed by atoms with Crippen molar-refractivity contribution in [1.82, 2.24) is 0 Å². The second-order valence-corrected chi connectivity index (χ2v) is 4.69. The first-order chi connectivity index (χ1) is 7.59. The molecule has 1 aromatic carbocycles. The zero-order valence-electron chi connectivity index (χ0n) is 8.94. The first-order valence-electron chi connectivity index (χ1n) is 5.12. The number of fused-ring (bicyclic) bond motifs is 1. The van der Waals surface area contributed by atoms with Crippen LogP contribution in [0.3, 0.4) is 0 Å². The van der Waals surface area contributed by atoms with Crippen molar-refractivity contribution in [3.8, 4) is 11.5 Å². The monoisotopic (exact) mass is 287 g/mol. The van der Waals surface area contributed by atoms with Gasteiger partial charge in [0, 0.05) is 6.04 Å². The summed E-state index contributed by atoms with van der Waals surface area (Å²) < 4.78 is 11.7. The van der Waals surface area contributed by atoms with Crippen LogP contribution in [0, 0.1) is 0 Å². The standard InChI is InChI=1S/C11H14BrNO3/c1-6(13)10(14)7-4-8(12)11-9(5-7)15-2-3-16-11/h4-6,10,14H,2-3,13H2,1H3. The summed E-state index contributed by atoms with van der Waals surface area (Å²) >= 11 is 3.39. The number of ether oxygens (including phenoxy) is 2. The molecule has 1 heterocycles. The van der Waals surface area contributed by atoms with E-state index in [1.54, 1.807) is 13.0 Å². The van der Waals surface area contributed by atoms with Crippen molar-refractivity contribution in [1.29, 1.82) is 0 Å². The lowest BCUT2D eigenvalue weighted by Gasteiger charge is -2.22. The molecule has 3 N–H and O–H groups in total. The Morgan fingerprint density at radius 3 is 2.75 bits per heavy atom. The fraction of sp³-hybridized carbons (Fsp3) is 0.455. The van der Waals surface area contributed by atoms with E-state index in [1.165, 1.54) is 0 Å². The first kappa shape index (κ1) is 11.7. The molecule has 0 bridgehead atoms. The second kappa shape index (κ2) is 4.61. The first-order valence-corrected chi connectivity index (χ1v) is 5.91. The van der Waals surface area contributed by atoms with Crippen molar-refractivity contribution in [3.63, 3.8) is 0 Å². The van der Waals surface area contributed by atoms with Gasteiger partial charge >= 0.3 is 0 Å². The number of rotatable bonds is 2. The number of hydrogen-bond donors (Lipinski definition) is 2. The van der Waals surface area contributed by atoms with Crippen LogP contribution in [-0.4, -0.2) is 24.4 Å². The maximum absolute atomic E-state index is 9.88. The summed E-state index contributed by atoms with van der Waals surface area (Å²) in [6.45, 7) is 2.83. The number of hydrogen-bond acceptors (Lipinski definition) is 4. The van der Waals surface area contributed by atoms with E-state index >= 15 is 0 Å². The molecule has 0 saturated heterocycles. The highest BCUT2D eigenvalue weighted by molar-refractivity contribution is 9.10. The van der Waals surface area contributed by atoms with Gasteiger partial charge in [-0.3, -0.25) is 0 Å². The summed E-state index contributed by atoms with van der Waals surface area (Å²) in [6.07, 6.45) is -0.702. The molecule has 4 nitrogen and oxygen atoms in total. The summed E-state index contributed by atoms with van der Waals surface area (Å²) in [7, 11) is 0. The summed E-state index contributed by atoms with van der Waals surface area (Å²) in [5, 5.41) is 9.88. The van der Waals surface area contributed by atoms with Crippen LogP contribution in [0.4, 0.5) is 0 Å². The van der Waals surface area contributed by atoms with Gasteiger partial charge in [0.2, 0.25) is 0 Å². The van der Waals surface area contributed by atoms with Crippen LogP contribution in [0.2, 0.25) is 0 Å². The normalized spacial score (nSPS) is 18.0. The van der Waals surface area contributed by atoms with E-state index in [1.807, 2.05) is 6.07 Å². The number of aliphatic hydroxyl groups excluding tert-OH is 1. The van der Waals surface area contributed by atoms with Gasteiger partial charge < -0.3 is 20.3 Å². The minimum Gasteiger partial charge on any atom is -0.486 e. The molecular formula is C11H14BrNO3. The van der Waals surface area contributed by atoms with Gasteiger partial charge in [-0.2, -0.15) is 0 Å². The van der Waals surface area contributed by atoms with Crippen molar-refractivity contribution >= 4 is 15.9 Å². The Morgan fingerprint density at radius 2 is 2.06 bits per heavy atom. The smallest absolute Gasteiger partial charge is 0.175 e. The molecule has 0 fully saturated rings. The third-order valence-electron chi connectivity index (χ3n) is 2.46. The van der Waals surface area contributed by atoms with Crippen molar-refractivity contribution in [2.24, 2.45) is 5.73 Å². The summed E-state index contributed by atoms with van der Waals surface area (Å²) in [6, 6.07) is 3.25. The Balaban J connectivity index is 2.39. The van der Waals surface area contributed by atoms with Crippen molar-refractivity contribution in [2.45, 2.75) is 19.1 Å². The fourth-order valence-corrected chi connectivity index (χ4v) is 2.18. The molecule has 2 unspecified atom stereocenters. The predicted octanol–water partition coefficient (Wildman–Crippen LogP) is 1.60. The van der Waals surface area contributed by atoms with Crippen LogP contribution in [-0.2, 0) is 0 Å². The number of benzene rings is 1. The lowest BCUT2D eigenvalue weighted by atomic mass is 10.0. The molecule has 2 atom stereocenters. The number of halogens is 1. The largest absolute Gasteiger partial charge is 0.486 e. The van der Waals surface area contributed by atoms with E-state index in [4.69, 9.17) is 15.2 Å². The van der Waals surface area contributed by atoms with Gasteiger partial charge in [-0.1, -0.05) is 0 Å². The van der Waals surface area contributed by atoms with Crippen LogP contribution in [0.5, 0.6) is 11.5 Å². The quantitative estimate of drug-likeness (QED) is 0.867. The SMILES string of the molecule is CC(N)C(O)c1cc(Br)c2c(c1)OCCO2. The van der Waals surface area contributed by atoms with Gasteiger partial charge in [0.05, 0.1) is 10.6 Å². The molecule has 0 aromatic heterocycles. The van der Waals surface area contributed by atoms with Crippen LogP contribution in [0.1, 0.15) is 18.6 Å². The molecule has 16 heavy (non-hydrogen) atoms. The van der Waals surface area contributed by atoms with Crippen molar-refractivity contribution < 1.29 is 14.6 Å². The lowest BCUT2D eigenvalue weighted by Crippen LogP contribution is -2.24. The van der Waals surface area contributed by atoms with E-state index in [9.17, 15) is 5.11 Å². The van der Waals surface area contributed by atoms with E-state index in [-0.39, 0.29) is 6.04 Å². The molecule has 0 spiro atoms. The highest BCUT2D eigenvalue weighted by atomic mass is 79.9. The topological polar surface area (TPSA) is 64.7 Å². The number of nitrogens with two attached hydrogens (primary N) is 1. The van der Waals surface area contributed by atoms with Crippen molar-refractivity contribution in [3.05, 3.63) is 22.2 Å². The third-order valence-corrected chi connectivity index (χ3v) is 3.05. The van der Waals surface area contributed by atoms with Gasteiger partial charge in [-0.25, -0.2) is 0 Å². The second-order valence-electron chi connectivity index (χ2n) is 3.83. The van der Waals surface area contributed by atoms with Gasteiger partial charge in [0.1, 0.15) is 13.2 Å². The van der Waals surface area contributed by atoms with Gasteiger partial charge in [0.25, 0.3) is 0 Å². The maximum atomic E-state index is 9.88. The van der Waals surface area contributed by atoms with E-state index in [2.05, 4.69) is 15.9 Å².